The molecule has 0 aliphatic rings. The zero-order valence-corrected chi connectivity index (χ0v) is 11.9. The van der Waals surface area contributed by atoms with E-state index in [1.54, 1.807) is 6.92 Å². The highest BCUT2D eigenvalue weighted by Crippen LogP contribution is 2.13. The number of imide groups is 1. The molecular weight excluding hydrogens is 250 g/mol. The van der Waals surface area contributed by atoms with Gasteiger partial charge in [0.15, 0.2) is 0 Å². The molecule has 0 saturated heterocycles. The van der Waals surface area contributed by atoms with Crippen molar-refractivity contribution in [3.63, 3.8) is 0 Å². The van der Waals surface area contributed by atoms with E-state index in [4.69, 9.17) is 0 Å². The van der Waals surface area contributed by atoms with Crippen LogP contribution in [0.25, 0.3) is 0 Å². The molecule has 0 spiro atoms. The molecule has 0 radical (unpaired) electrons. The average Bonchev–Trinajstić information content (AvgIpc) is 2.28. The van der Waals surface area contributed by atoms with Crippen LogP contribution in [0.2, 0.25) is 0 Å². The zero-order valence-electron chi connectivity index (χ0n) is 11.9. The monoisotopic (exact) mass is 273 g/mol. The standard InChI is InChI=1S/C12H23N3O4/c1-5-7-12(4,10(17)18)15-8(3)9(16)14-11(19)13-6-2/h8,15H,5-7H2,1-4H3,(H,17,18)(H2,13,14,16,19). The maximum atomic E-state index is 11.7. The summed E-state index contributed by atoms with van der Waals surface area (Å²) >= 11 is 0. The highest BCUT2D eigenvalue weighted by atomic mass is 16.4. The van der Waals surface area contributed by atoms with Crippen molar-refractivity contribution in [2.45, 2.75) is 52.1 Å². The lowest BCUT2D eigenvalue weighted by atomic mass is 9.95. The van der Waals surface area contributed by atoms with E-state index in [9.17, 15) is 19.5 Å². The largest absolute Gasteiger partial charge is 0.480 e. The summed E-state index contributed by atoms with van der Waals surface area (Å²) in [6.45, 7) is 7.04. The maximum Gasteiger partial charge on any atom is 0.323 e. The third-order valence-electron chi connectivity index (χ3n) is 2.72. The fourth-order valence-electron chi connectivity index (χ4n) is 1.71. The first-order valence-corrected chi connectivity index (χ1v) is 6.36. The summed E-state index contributed by atoms with van der Waals surface area (Å²) in [6.07, 6.45) is 1.06. The molecule has 0 aliphatic carbocycles. The lowest BCUT2D eigenvalue weighted by molar-refractivity contribution is -0.145. The SMILES string of the molecule is CCCC(C)(NC(C)C(=O)NC(=O)NCC)C(=O)O. The Morgan fingerprint density at radius 3 is 2.26 bits per heavy atom. The number of carbonyl (C=O) groups excluding carboxylic acids is 2. The molecule has 110 valence electrons. The smallest absolute Gasteiger partial charge is 0.323 e. The van der Waals surface area contributed by atoms with Gasteiger partial charge < -0.3 is 10.4 Å². The van der Waals surface area contributed by atoms with Crippen LogP contribution in [0.3, 0.4) is 0 Å². The number of urea groups is 1. The summed E-state index contributed by atoms with van der Waals surface area (Å²) in [6, 6.07) is -1.37. The molecule has 0 fully saturated rings. The number of carboxylic acids is 1. The maximum absolute atomic E-state index is 11.7. The topological polar surface area (TPSA) is 108 Å². The molecule has 0 rings (SSSR count). The molecule has 0 aromatic carbocycles. The van der Waals surface area contributed by atoms with E-state index < -0.39 is 29.5 Å². The predicted octanol–water partition coefficient (Wildman–Crippen LogP) is 0.454. The van der Waals surface area contributed by atoms with Gasteiger partial charge in [0, 0.05) is 6.54 Å². The minimum absolute atomic E-state index is 0.390. The number of amides is 3. The van der Waals surface area contributed by atoms with Gasteiger partial charge in [-0.2, -0.15) is 0 Å². The van der Waals surface area contributed by atoms with Gasteiger partial charge in [0.05, 0.1) is 6.04 Å². The molecule has 19 heavy (non-hydrogen) atoms. The van der Waals surface area contributed by atoms with Crippen LogP contribution in [0.1, 0.15) is 40.5 Å². The Morgan fingerprint density at radius 1 is 1.26 bits per heavy atom. The minimum Gasteiger partial charge on any atom is -0.480 e. The Bertz CT molecular complexity index is 346. The zero-order chi connectivity index (χ0) is 15.1. The summed E-state index contributed by atoms with van der Waals surface area (Å²) < 4.78 is 0. The molecule has 7 nitrogen and oxygen atoms in total. The Kier molecular flexibility index (Phi) is 7.06. The first-order chi connectivity index (χ1) is 8.76. The van der Waals surface area contributed by atoms with Gasteiger partial charge in [0.25, 0.3) is 0 Å². The molecule has 0 aliphatic heterocycles. The lowest BCUT2D eigenvalue weighted by Gasteiger charge is -2.29. The van der Waals surface area contributed by atoms with E-state index in [2.05, 4.69) is 16.0 Å². The van der Waals surface area contributed by atoms with Crippen LogP contribution in [-0.2, 0) is 9.59 Å². The van der Waals surface area contributed by atoms with Gasteiger partial charge in [0.1, 0.15) is 5.54 Å². The second kappa shape index (κ2) is 7.73. The average molecular weight is 273 g/mol. The molecule has 2 unspecified atom stereocenters. The number of carbonyl (C=O) groups is 3. The third-order valence-corrected chi connectivity index (χ3v) is 2.72. The first kappa shape index (κ1) is 17.4. The number of nitrogens with one attached hydrogen (secondary N) is 3. The van der Waals surface area contributed by atoms with Crippen molar-refractivity contribution in [3.05, 3.63) is 0 Å². The second-order valence-electron chi connectivity index (χ2n) is 4.60. The fourth-order valence-corrected chi connectivity index (χ4v) is 1.71. The lowest BCUT2D eigenvalue weighted by Crippen LogP contribution is -2.58. The number of rotatable bonds is 7. The van der Waals surface area contributed by atoms with Crippen molar-refractivity contribution in [3.8, 4) is 0 Å². The van der Waals surface area contributed by atoms with Gasteiger partial charge in [-0.05, 0) is 27.2 Å². The second-order valence-corrected chi connectivity index (χ2v) is 4.60. The highest BCUT2D eigenvalue weighted by molar-refractivity contribution is 5.97. The summed E-state index contributed by atoms with van der Waals surface area (Å²) in [7, 11) is 0. The number of hydrogen-bond donors (Lipinski definition) is 4. The molecule has 7 heteroatoms. The van der Waals surface area contributed by atoms with E-state index in [0.29, 0.717) is 19.4 Å². The summed E-state index contributed by atoms with van der Waals surface area (Å²) in [5.41, 5.74) is -1.19. The van der Waals surface area contributed by atoms with Crippen molar-refractivity contribution in [2.75, 3.05) is 6.54 Å². The quantitative estimate of drug-likeness (QED) is 0.539. The van der Waals surface area contributed by atoms with E-state index in [1.165, 1.54) is 13.8 Å². The van der Waals surface area contributed by atoms with E-state index >= 15 is 0 Å². The molecule has 0 bridgehead atoms. The van der Waals surface area contributed by atoms with Gasteiger partial charge in [-0.3, -0.25) is 20.2 Å². The third kappa shape index (κ3) is 5.69. The molecule has 0 aromatic heterocycles. The van der Waals surface area contributed by atoms with Crippen LogP contribution in [-0.4, -0.2) is 41.1 Å². The van der Waals surface area contributed by atoms with Crippen LogP contribution >= 0.6 is 0 Å². The van der Waals surface area contributed by atoms with Crippen LogP contribution in [0.4, 0.5) is 4.79 Å². The molecule has 4 N–H and O–H groups in total. The van der Waals surface area contributed by atoms with Crippen LogP contribution in [0.15, 0.2) is 0 Å². The molecule has 2 atom stereocenters. The summed E-state index contributed by atoms with van der Waals surface area (Å²) in [4.78, 5) is 34.1. The normalized spacial score (nSPS) is 15.2. The van der Waals surface area contributed by atoms with Gasteiger partial charge >= 0.3 is 12.0 Å². The molecule has 3 amide bonds. The Hall–Kier alpha value is -1.63. The van der Waals surface area contributed by atoms with Crippen LogP contribution in [0.5, 0.6) is 0 Å². The van der Waals surface area contributed by atoms with Crippen LogP contribution < -0.4 is 16.0 Å². The summed E-state index contributed by atoms with van der Waals surface area (Å²) in [5, 5.41) is 16.5. The van der Waals surface area contributed by atoms with Crippen molar-refractivity contribution >= 4 is 17.9 Å². The molecular formula is C12H23N3O4. The number of hydrogen-bond acceptors (Lipinski definition) is 4. The van der Waals surface area contributed by atoms with E-state index in [0.717, 1.165) is 0 Å². The predicted molar refractivity (Wildman–Crippen MR) is 70.8 cm³/mol. The van der Waals surface area contributed by atoms with Crippen molar-refractivity contribution in [2.24, 2.45) is 0 Å². The van der Waals surface area contributed by atoms with Crippen molar-refractivity contribution in [1.82, 2.24) is 16.0 Å². The Balaban J connectivity index is 4.56. The van der Waals surface area contributed by atoms with Gasteiger partial charge in [0.2, 0.25) is 5.91 Å². The van der Waals surface area contributed by atoms with Crippen molar-refractivity contribution < 1.29 is 19.5 Å². The van der Waals surface area contributed by atoms with E-state index in [1.807, 2.05) is 6.92 Å². The molecule has 0 heterocycles. The highest BCUT2D eigenvalue weighted by Gasteiger charge is 2.35. The minimum atomic E-state index is -1.19. The van der Waals surface area contributed by atoms with Gasteiger partial charge in [-0.15, -0.1) is 0 Å². The molecule has 0 aromatic rings. The van der Waals surface area contributed by atoms with Gasteiger partial charge in [-0.1, -0.05) is 13.3 Å². The fraction of sp³-hybridized carbons (Fsp3) is 0.750. The summed E-state index contributed by atoms with van der Waals surface area (Å²) in [5.74, 6) is -1.58. The molecule has 0 saturated carbocycles. The van der Waals surface area contributed by atoms with Crippen LogP contribution in [0, 0.1) is 0 Å². The van der Waals surface area contributed by atoms with E-state index in [-0.39, 0.29) is 0 Å². The number of aliphatic carboxylic acids is 1. The van der Waals surface area contributed by atoms with Crippen molar-refractivity contribution in [1.29, 1.82) is 0 Å². The number of carboxylic acid groups (broad SMARTS) is 1. The Labute approximate surface area is 113 Å². The van der Waals surface area contributed by atoms with Gasteiger partial charge in [-0.25, -0.2) is 4.79 Å². The Morgan fingerprint density at radius 2 is 1.84 bits per heavy atom. The first-order valence-electron chi connectivity index (χ1n) is 6.36.